The molecular formula is C27H30N2O6. The monoisotopic (exact) mass is 478 g/mol. The lowest BCUT2D eigenvalue weighted by molar-refractivity contribution is -0.149. The number of carbonyl (C=O) groups is 3. The van der Waals surface area contributed by atoms with E-state index in [1.54, 1.807) is 4.90 Å². The van der Waals surface area contributed by atoms with Crippen molar-refractivity contribution in [3.8, 4) is 11.1 Å². The molecule has 3 aliphatic rings. The first-order chi connectivity index (χ1) is 17.0. The van der Waals surface area contributed by atoms with Crippen LogP contribution in [0.3, 0.4) is 0 Å². The molecule has 0 unspecified atom stereocenters. The van der Waals surface area contributed by atoms with Crippen molar-refractivity contribution in [1.29, 1.82) is 0 Å². The number of likely N-dealkylation sites (tertiary alicyclic amines) is 1. The van der Waals surface area contributed by atoms with Crippen LogP contribution in [0.5, 0.6) is 0 Å². The molecule has 8 nitrogen and oxygen atoms in total. The third kappa shape index (κ3) is 4.75. The topological polar surface area (TPSA) is 105 Å². The number of aliphatic carboxylic acids is 1. The number of carboxylic acid groups (broad SMARTS) is 1. The van der Waals surface area contributed by atoms with Crippen LogP contribution in [0, 0.1) is 11.8 Å². The Hall–Kier alpha value is -3.39. The summed E-state index contributed by atoms with van der Waals surface area (Å²) in [5.41, 5.74) is 4.64. The first-order valence-electron chi connectivity index (χ1n) is 12.2. The molecule has 0 bridgehead atoms. The summed E-state index contributed by atoms with van der Waals surface area (Å²) >= 11 is 0. The van der Waals surface area contributed by atoms with E-state index in [1.165, 1.54) is 11.1 Å². The number of nitrogens with zero attached hydrogens (tertiary/aromatic N) is 1. The Balaban J connectivity index is 1.15. The fourth-order valence-corrected chi connectivity index (χ4v) is 5.54. The van der Waals surface area contributed by atoms with E-state index in [4.69, 9.17) is 9.47 Å². The maximum absolute atomic E-state index is 13.0. The van der Waals surface area contributed by atoms with Gasteiger partial charge >= 0.3 is 12.1 Å². The number of piperidine rings is 1. The van der Waals surface area contributed by atoms with Gasteiger partial charge in [-0.05, 0) is 41.5 Å². The molecule has 2 aromatic carbocycles. The van der Waals surface area contributed by atoms with Gasteiger partial charge in [-0.25, -0.2) is 4.79 Å². The molecule has 2 heterocycles. The highest BCUT2D eigenvalue weighted by Gasteiger charge is 2.39. The van der Waals surface area contributed by atoms with Crippen molar-refractivity contribution < 1.29 is 29.0 Å². The maximum atomic E-state index is 13.0. The number of hydrogen-bond donors (Lipinski definition) is 2. The maximum Gasteiger partial charge on any atom is 0.407 e. The third-order valence-electron chi connectivity index (χ3n) is 7.39. The van der Waals surface area contributed by atoms with E-state index >= 15 is 0 Å². The standard InChI is InChI=1S/C27H30N2O6/c30-25(29-12-5-6-18(15-29)26(31)32)24-17(11-13-34-24)14-28-27(33)35-16-23-21-9-3-1-7-19(21)20-8-2-4-10-22(20)23/h1-4,7-10,17-18,23-24H,5-6,11-16H2,(H,28,33)(H,31,32)/t17-,18-,24-/m0/s1. The van der Waals surface area contributed by atoms with Gasteiger partial charge in [0.15, 0.2) is 0 Å². The van der Waals surface area contributed by atoms with Crippen LogP contribution in [0.2, 0.25) is 0 Å². The number of alkyl carbamates (subject to hydrolysis) is 1. The minimum Gasteiger partial charge on any atom is -0.481 e. The molecule has 5 rings (SSSR count). The molecule has 8 heteroatoms. The number of benzene rings is 2. The minimum absolute atomic E-state index is 0.0152. The molecule has 0 radical (unpaired) electrons. The van der Waals surface area contributed by atoms with Crippen molar-refractivity contribution in [2.24, 2.45) is 11.8 Å². The largest absolute Gasteiger partial charge is 0.481 e. The summed E-state index contributed by atoms with van der Waals surface area (Å²) in [4.78, 5) is 38.5. The summed E-state index contributed by atoms with van der Waals surface area (Å²) in [7, 11) is 0. The fraction of sp³-hybridized carbons (Fsp3) is 0.444. The molecular weight excluding hydrogens is 448 g/mol. The molecule has 184 valence electrons. The van der Waals surface area contributed by atoms with E-state index in [-0.39, 0.29) is 37.4 Å². The molecule has 1 aliphatic carbocycles. The molecule has 2 aromatic rings. The summed E-state index contributed by atoms with van der Waals surface area (Å²) in [6.07, 6.45) is 0.705. The third-order valence-corrected chi connectivity index (χ3v) is 7.39. The smallest absolute Gasteiger partial charge is 0.407 e. The van der Waals surface area contributed by atoms with E-state index in [9.17, 15) is 19.5 Å². The zero-order chi connectivity index (χ0) is 24.4. The summed E-state index contributed by atoms with van der Waals surface area (Å²) in [6, 6.07) is 16.3. The Bertz CT molecular complexity index is 1070. The first kappa shape index (κ1) is 23.4. The molecule has 0 saturated carbocycles. The number of ether oxygens (including phenoxy) is 2. The number of carbonyl (C=O) groups excluding carboxylic acids is 2. The van der Waals surface area contributed by atoms with Gasteiger partial charge in [-0.1, -0.05) is 48.5 Å². The van der Waals surface area contributed by atoms with Crippen LogP contribution in [0.1, 0.15) is 36.3 Å². The molecule has 2 N–H and O–H groups in total. The quantitative estimate of drug-likeness (QED) is 0.660. The molecule has 35 heavy (non-hydrogen) atoms. The average molecular weight is 479 g/mol. The fourth-order valence-electron chi connectivity index (χ4n) is 5.54. The number of nitrogens with one attached hydrogen (secondary N) is 1. The van der Waals surface area contributed by atoms with E-state index in [1.807, 2.05) is 24.3 Å². The van der Waals surface area contributed by atoms with Crippen LogP contribution in [-0.4, -0.2) is 66.9 Å². The Kier molecular flexibility index (Phi) is 6.72. The van der Waals surface area contributed by atoms with Crippen molar-refractivity contribution >= 4 is 18.0 Å². The van der Waals surface area contributed by atoms with Crippen molar-refractivity contribution in [1.82, 2.24) is 10.2 Å². The van der Waals surface area contributed by atoms with Crippen LogP contribution in [-0.2, 0) is 19.1 Å². The predicted molar refractivity (Wildman–Crippen MR) is 128 cm³/mol. The highest BCUT2D eigenvalue weighted by molar-refractivity contribution is 5.83. The van der Waals surface area contributed by atoms with E-state index in [0.29, 0.717) is 32.4 Å². The van der Waals surface area contributed by atoms with Crippen molar-refractivity contribution in [2.45, 2.75) is 31.3 Å². The highest BCUT2D eigenvalue weighted by atomic mass is 16.5. The molecule has 2 saturated heterocycles. The van der Waals surface area contributed by atoms with Gasteiger partial charge in [0.1, 0.15) is 12.7 Å². The number of fused-ring (bicyclic) bond motifs is 3. The van der Waals surface area contributed by atoms with E-state index in [2.05, 4.69) is 29.6 Å². The zero-order valence-electron chi connectivity index (χ0n) is 19.5. The lowest BCUT2D eigenvalue weighted by atomic mass is 9.95. The number of carboxylic acids is 1. The van der Waals surface area contributed by atoms with Gasteiger partial charge in [-0.2, -0.15) is 0 Å². The summed E-state index contributed by atoms with van der Waals surface area (Å²) in [5.74, 6) is -1.78. The Morgan fingerprint density at radius 1 is 1.03 bits per heavy atom. The lowest BCUT2D eigenvalue weighted by Gasteiger charge is -2.33. The van der Waals surface area contributed by atoms with Gasteiger partial charge in [0.25, 0.3) is 5.91 Å². The average Bonchev–Trinajstić information content (AvgIpc) is 3.48. The molecule has 0 spiro atoms. The number of rotatable bonds is 6. The van der Waals surface area contributed by atoms with Gasteiger partial charge in [0.2, 0.25) is 0 Å². The van der Waals surface area contributed by atoms with Crippen LogP contribution < -0.4 is 5.32 Å². The highest BCUT2D eigenvalue weighted by Crippen LogP contribution is 2.44. The van der Waals surface area contributed by atoms with Gasteiger partial charge in [-0.3, -0.25) is 9.59 Å². The Morgan fingerprint density at radius 3 is 2.40 bits per heavy atom. The number of amides is 2. The second-order valence-corrected chi connectivity index (χ2v) is 9.51. The summed E-state index contributed by atoms with van der Waals surface area (Å²) < 4.78 is 11.3. The molecule has 2 amide bonds. The van der Waals surface area contributed by atoms with Crippen molar-refractivity contribution in [3.63, 3.8) is 0 Å². The molecule has 3 atom stereocenters. The van der Waals surface area contributed by atoms with Gasteiger partial charge in [0.05, 0.1) is 5.92 Å². The van der Waals surface area contributed by atoms with E-state index < -0.39 is 24.1 Å². The molecule has 2 fully saturated rings. The van der Waals surface area contributed by atoms with Crippen molar-refractivity contribution in [3.05, 3.63) is 59.7 Å². The SMILES string of the molecule is O=C(NC[C@@H]1CCO[C@@H]1C(=O)N1CCC[C@H](C(=O)O)C1)OCC1c2ccccc2-c2ccccc21. The lowest BCUT2D eigenvalue weighted by Crippen LogP contribution is -2.49. The summed E-state index contributed by atoms with van der Waals surface area (Å²) in [5, 5.41) is 12.1. The number of hydrogen-bond acceptors (Lipinski definition) is 5. The Morgan fingerprint density at radius 2 is 1.71 bits per heavy atom. The summed E-state index contributed by atoms with van der Waals surface area (Å²) in [6.45, 7) is 1.68. The molecule has 0 aromatic heterocycles. The predicted octanol–water partition coefficient (Wildman–Crippen LogP) is 3.25. The van der Waals surface area contributed by atoms with Crippen LogP contribution in [0.4, 0.5) is 4.79 Å². The van der Waals surface area contributed by atoms with Crippen LogP contribution >= 0.6 is 0 Å². The second-order valence-electron chi connectivity index (χ2n) is 9.51. The minimum atomic E-state index is -0.872. The Labute approximate surface area is 204 Å². The van der Waals surface area contributed by atoms with Crippen molar-refractivity contribution in [2.75, 3.05) is 32.8 Å². The zero-order valence-corrected chi connectivity index (χ0v) is 19.5. The van der Waals surface area contributed by atoms with E-state index in [0.717, 1.165) is 11.1 Å². The van der Waals surface area contributed by atoms with Gasteiger partial charge < -0.3 is 24.8 Å². The normalized spacial score (nSPS) is 23.4. The van der Waals surface area contributed by atoms with Gasteiger partial charge in [-0.15, -0.1) is 0 Å². The second kappa shape index (κ2) is 10.1. The molecule has 2 aliphatic heterocycles. The first-order valence-corrected chi connectivity index (χ1v) is 12.2. The van der Waals surface area contributed by atoms with Crippen LogP contribution in [0.15, 0.2) is 48.5 Å². The van der Waals surface area contributed by atoms with Gasteiger partial charge in [0, 0.05) is 38.1 Å². The van der Waals surface area contributed by atoms with Crippen LogP contribution in [0.25, 0.3) is 11.1 Å².